The smallest absolute Gasteiger partial charge is 0.000696 e. The van der Waals surface area contributed by atoms with Gasteiger partial charge in [0.15, 0.2) is 0 Å². The van der Waals surface area contributed by atoms with Gasteiger partial charge in [0.2, 0.25) is 0 Å². The number of hydrogen-bond donors (Lipinski definition) is 0. The lowest BCUT2D eigenvalue weighted by Gasteiger charge is -2.06. The second-order valence-corrected chi connectivity index (χ2v) is 10.7. The van der Waals surface area contributed by atoms with Gasteiger partial charge in [-0.25, -0.2) is 0 Å². The van der Waals surface area contributed by atoms with Crippen LogP contribution in [0.4, 0.5) is 0 Å². The third kappa shape index (κ3) is 1.81. The molecule has 0 radical (unpaired) electrons. The van der Waals surface area contributed by atoms with E-state index in [1.807, 2.05) is 0 Å². The normalized spacial score (nSPS) is 14.1. The van der Waals surface area contributed by atoms with Crippen LogP contribution in [0.3, 0.4) is 0 Å². The summed E-state index contributed by atoms with van der Waals surface area (Å²) in [4.78, 5) is 0. The molecule has 0 atom stereocenters. The second-order valence-electron chi connectivity index (χ2n) is 10.7. The first-order valence-electron chi connectivity index (χ1n) is 13.0. The summed E-state index contributed by atoms with van der Waals surface area (Å²) in [6.07, 6.45) is 4.77. The number of rotatable bonds is 0. The van der Waals surface area contributed by atoms with Gasteiger partial charge in [0, 0.05) is 0 Å². The van der Waals surface area contributed by atoms with Crippen LogP contribution in [0, 0.1) is 0 Å². The largest absolute Gasteiger partial charge is 0.0757 e. The van der Waals surface area contributed by atoms with Crippen molar-refractivity contribution in [2.45, 2.75) is 12.8 Å². The molecule has 0 fully saturated rings. The van der Waals surface area contributed by atoms with E-state index in [0.717, 1.165) is 12.8 Å². The fourth-order valence-corrected chi connectivity index (χ4v) is 7.92. The van der Waals surface area contributed by atoms with Gasteiger partial charge in [-0.1, -0.05) is 97.1 Å². The van der Waals surface area contributed by atoms with E-state index in [2.05, 4.69) is 97.1 Å². The molecule has 0 heterocycles. The Hall–Kier alpha value is -4.42. The number of fused-ring (bicyclic) bond motifs is 12. The standard InChI is InChI=1S/C36H20/c1-7-19-8-2-14-23-28(19)22(13-1)31-32(23)34-26-17-5-11-21-12-6-18-27(30(21)26)36(34)35-25-16-4-10-20-9-3-15-24(29(20)25)33(31)35/h1-5,7-11,13-18H,6,12H2. The third-order valence-electron chi connectivity index (χ3n) is 9.11. The first kappa shape index (κ1) is 17.9. The maximum Gasteiger partial charge on any atom is -0.000696 e. The summed E-state index contributed by atoms with van der Waals surface area (Å²) in [5.41, 5.74) is 1.51. The van der Waals surface area contributed by atoms with Gasteiger partial charge >= 0.3 is 0 Å². The zero-order valence-corrected chi connectivity index (χ0v) is 19.7. The fourth-order valence-electron chi connectivity index (χ4n) is 7.92. The zero-order valence-electron chi connectivity index (χ0n) is 19.7. The zero-order chi connectivity index (χ0) is 23.1. The van der Waals surface area contributed by atoms with Crippen molar-refractivity contribution in [2.24, 2.45) is 0 Å². The lowest BCUT2D eigenvalue weighted by molar-refractivity contribution is 1.04. The highest BCUT2D eigenvalue weighted by atomic mass is 14.3. The van der Waals surface area contributed by atoms with Gasteiger partial charge in [-0.05, 0) is 110 Å². The van der Waals surface area contributed by atoms with E-state index >= 15 is 0 Å². The highest BCUT2D eigenvalue weighted by Crippen LogP contribution is 2.52. The molecule has 1 aliphatic carbocycles. The fraction of sp³-hybridized carbons (Fsp3) is 0.0556. The lowest BCUT2D eigenvalue weighted by atomic mass is 9.97. The molecule has 0 amide bonds. The van der Waals surface area contributed by atoms with Gasteiger partial charge in [-0.2, -0.15) is 0 Å². The van der Waals surface area contributed by atoms with Crippen LogP contribution in [0.2, 0.25) is 0 Å². The maximum absolute atomic E-state index is 2.52. The second kappa shape index (κ2) is 5.86. The first-order valence-corrected chi connectivity index (χ1v) is 13.0. The molecule has 0 heteroatoms. The van der Waals surface area contributed by atoms with Gasteiger partial charge in [0.1, 0.15) is 0 Å². The minimum Gasteiger partial charge on any atom is -0.0757 e. The molecule has 0 saturated carbocycles. The van der Waals surface area contributed by atoms with Gasteiger partial charge in [0.05, 0.1) is 0 Å². The highest BCUT2D eigenvalue weighted by molar-refractivity contribution is 6.52. The van der Waals surface area contributed by atoms with Gasteiger partial charge in [-0.3, -0.25) is 0 Å². The molecule has 0 unspecified atom stereocenters. The Balaban J connectivity index is 1.74. The monoisotopic (exact) mass is 452 g/mol. The van der Waals surface area contributed by atoms with Crippen LogP contribution in [0.1, 0.15) is 12.0 Å². The van der Waals surface area contributed by atoms with Gasteiger partial charge < -0.3 is 0 Å². The summed E-state index contributed by atoms with van der Waals surface area (Å²) < 4.78 is 0. The van der Waals surface area contributed by atoms with E-state index in [9.17, 15) is 0 Å². The van der Waals surface area contributed by atoms with Crippen LogP contribution in [-0.2, 0) is 6.42 Å². The molecule has 9 aromatic rings. The van der Waals surface area contributed by atoms with Crippen LogP contribution < -0.4 is 5.22 Å². The summed E-state index contributed by atoms with van der Waals surface area (Å²) in [6, 6.07) is 34.5. The third-order valence-corrected chi connectivity index (χ3v) is 9.11. The molecular weight excluding hydrogens is 432 g/mol. The average molecular weight is 453 g/mol. The van der Waals surface area contributed by atoms with Crippen molar-refractivity contribution in [1.29, 1.82) is 0 Å². The van der Waals surface area contributed by atoms with Crippen LogP contribution in [0.15, 0.2) is 91.0 Å². The Morgan fingerprint density at radius 2 is 0.778 bits per heavy atom. The quantitative estimate of drug-likeness (QED) is 0.215. The molecule has 0 nitrogen and oxygen atoms in total. The predicted molar refractivity (Wildman–Crippen MR) is 157 cm³/mol. The summed E-state index contributed by atoms with van der Waals surface area (Å²) >= 11 is 0. The molecule has 0 aromatic heterocycles. The van der Waals surface area contributed by atoms with Crippen molar-refractivity contribution in [2.75, 3.05) is 0 Å². The SMILES string of the molecule is C1=c2c3c(cccc3c3c2c2c4cccc5cccc(c54)c2c2c4cccc5cccc(c54)c32)CC1. The first-order chi connectivity index (χ1) is 17.9. The molecule has 9 aromatic carbocycles. The lowest BCUT2D eigenvalue weighted by Crippen LogP contribution is -2.06. The molecule has 0 bridgehead atoms. The molecule has 164 valence electrons. The molecule has 0 saturated heterocycles. The minimum atomic E-state index is 1.12. The van der Waals surface area contributed by atoms with Crippen molar-refractivity contribution < 1.29 is 0 Å². The average Bonchev–Trinajstić information content (AvgIpc) is 3.55. The highest BCUT2D eigenvalue weighted by Gasteiger charge is 2.26. The Bertz CT molecular complexity index is 2450. The molecular formula is C36H20. The summed E-state index contributed by atoms with van der Waals surface area (Å²) in [7, 11) is 0. The van der Waals surface area contributed by atoms with E-state index in [0.29, 0.717) is 0 Å². The van der Waals surface area contributed by atoms with Crippen molar-refractivity contribution in [3.63, 3.8) is 0 Å². The van der Waals surface area contributed by atoms with Crippen molar-refractivity contribution >= 4 is 92.3 Å². The molecule has 1 aliphatic rings. The van der Waals surface area contributed by atoms with E-state index in [1.165, 1.54) is 97.0 Å². The molecule has 36 heavy (non-hydrogen) atoms. The van der Waals surface area contributed by atoms with Crippen LogP contribution >= 0.6 is 0 Å². The van der Waals surface area contributed by atoms with Crippen molar-refractivity contribution in [3.05, 3.63) is 102 Å². The maximum atomic E-state index is 2.52. The number of aryl methyl sites for hydroxylation is 1. The molecule has 0 aliphatic heterocycles. The molecule has 0 N–H and O–H groups in total. The van der Waals surface area contributed by atoms with Crippen LogP contribution in [0.25, 0.3) is 92.3 Å². The number of benzene rings is 6. The predicted octanol–water partition coefficient (Wildman–Crippen LogP) is 9.23. The Morgan fingerprint density at radius 3 is 1.28 bits per heavy atom. The Kier molecular flexibility index (Phi) is 2.92. The topological polar surface area (TPSA) is 0 Å². The van der Waals surface area contributed by atoms with Crippen molar-refractivity contribution in [1.82, 2.24) is 0 Å². The van der Waals surface area contributed by atoms with E-state index in [4.69, 9.17) is 0 Å². The Labute approximate surface area is 206 Å². The number of hydrogen-bond acceptors (Lipinski definition) is 0. The van der Waals surface area contributed by atoms with E-state index in [-0.39, 0.29) is 0 Å². The van der Waals surface area contributed by atoms with E-state index < -0.39 is 0 Å². The van der Waals surface area contributed by atoms with Gasteiger partial charge in [-0.15, -0.1) is 0 Å². The summed E-state index contributed by atoms with van der Waals surface area (Å²) in [6.45, 7) is 0. The van der Waals surface area contributed by atoms with Crippen molar-refractivity contribution in [3.8, 4) is 0 Å². The minimum absolute atomic E-state index is 1.12. The van der Waals surface area contributed by atoms with Gasteiger partial charge in [0.25, 0.3) is 0 Å². The Morgan fingerprint density at radius 1 is 0.361 bits per heavy atom. The van der Waals surface area contributed by atoms with Crippen LogP contribution in [0.5, 0.6) is 0 Å². The van der Waals surface area contributed by atoms with Crippen LogP contribution in [-0.4, -0.2) is 0 Å². The summed E-state index contributed by atoms with van der Waals surface area (Å²) in [5, 5.41) is 24.2. The molecule has 0 spiro atoms. The van der Waals surface area contributed by atoms with E-state index in [1.54, 1.807) is 0 Å². The summed E-state index contributed by atoms with van der Waals surface area (Å²) in [5.74, 6) is 0. The molecule has 10 rings (SSSR count).